The van der Waals surface area contributed by atoms with E-state index in [0.717, 1.165) is 33.8 Å². The van der Waals surface area contributed by atoms with E-state index in [0.29, 0.717) is 11.8 Å². The van der Waals surface area contributed by atoms with Gasteiger partial charge in [-0.3, -0.25) is 0 Å². The summed E-state index contributed by atoms with van der Waals surface area (Å²) in [6, 6.07) is 12.4. The van der Waals surface area contributed by atoms with Crippen molar-refractivity contribution in [1.29, 1.82) is 0 Å². The molecule has 0 amide bonds. The minimum absolute atomic E-state index is 0.367. The van der Waals surface area contributed by atoms with Gasteiger partial charge in [0.15, 0.2) is 0 Å². The van der Waals surface area contributed by atoms with Crippen molar-refractivity contribution in [2.45, 2.75) is 53.4 Å². The van der Waals surface area contributed by atoms with Gasteiger partial charge in [-0.2, -0.15) is 0 Å². The van der Waals surface area contributed by atoms with Crippen LogP contribution in [0.15, 0.2) is 36.4 Å². The van der Waals surface area contributed by atoms with Crippen LogP contribution in [-0.4, -0.2) is 0 Å². The van der Waals surface area contributed by atoms with E-state index in [4.69, 9.17) is 20.3 Å². The fourth-order valence-corrected chi connectivity index (χ4v) is 3.68. The number of hydrogen-bond donors (Lipinski definition) is 0. The highest BCUT2D eigenvalue weighted by molar-refractivity contribution is 7.76. The molecule has 130 valence electrons. The van der Waals surface area contributed by atoms with Gasteiger partial charge in [-0.1, -0.05) is 52.0 Å². The zero-order valence-corrected chi connectivity index (χ0v) is 16.9. The molecular weight excluding hydrogens is 339 g/mol. The average molecular weight is 365 g/mol. The van der Waals surface area contributed by atoms with Gasteiger partial charge < -0.3 is 9.05 Å². The van der Waals surface area contributed by atoms with Crippen molar-refractivity contribution in [2.75, 3.05) is 0 Å². The third kappa shape index (κ3) is 4.88. The van der Waals surface area contributed by atoms with E-state index in [9.17, 15) is 0 Å². The highest BCUT2D eigenvalue weighted by atomic mass is 35.7. The van der Waals surface area contributed by atoms with Crippen LogP contribution in [0.3, 0.4) is 0 Å². The summed E-state index contributed by atoms with van der Waals surface area (Å²) in [5.41, 5.74) is 4.58. The van der Waals surface area contributed by atoms with Crippen LogP contribution >= 0.6 is 19.0 Å². The Hall–Kier alpha value is -1.24. The van der Waals surface area contributed by atoms with E-state index >= 15 is 0 Å². The zero-order chi connectivity index (χ0) is 17.9. The lowest BCUT2D eigenvalue weighted by atomic mass is 10.0. The van der Waals surface area contributed by atoms with Crippen LogP contribution in [0.25, 0.3) is 0 Å². The van der Waals surface area contributed by atoms with Crippen LogP contribution < -0.4 is 9.05 Å². The molecule has 0 saturated carbocycles. The van der Waals surface area contributed by atoms with Gasteiger partial charge in [0.05, 0.1) is 0 Å². The maximum atomic E-state index is 6.43. The molecule has 0 unspecified atom stereocenters. The molecule has 0 saturated heterocycles. The van der Waals surface area contributed by atoms with E-state index in [2.05, 4.69) is 52.0 Å². The van der Waals surface area contributed by atoms with Crippen LogP contribution in [0.5, 0.6) is 11.5 Å². The Labute approximate surface area is 151 Å². The lowest BCUT2D eigenvalue weighted by molar-refractivity contribution is 0.496. The minimum Gasteiger partial charge on any atom is -0.427 e. The first-order valence-corrected chi connectivity index (χ1v) is 10.4. The molecule has 2 aromatic rings. The fraction of sp³-hybridized carbons (Fsp3) is 0.400. The molecule has 2 nitrogen and oxygen atoms in total. The van der Waals surface area contributed by atoms with Crippen LogP contribution in [0.2, 0.25) is 0 Å². The Morgan fingerprint density at radius 2 is 1.12 bits per heavy atom. The molecule has 0 fully saturated rings. The first-order chi connectivity index (χ1) is 11.3. The van der Waals surface area contributed by atoms with Gasteiger partial charge in [-0.15, -0.1) is 0 Å². The molecule has 0 bridgehead atoms. The van der Waals surface area contributed by atoms with Crippen LogP contribution in [0, 0.1) is 13.8 Å². The Bertz CT molecular complexity index is 639. The second-order valence-corrected chi connectivity index (χ2v) is 8.41. The number of rotatable bonds is 6. The van der Waals surface area contributed by atoms with Gasteiger partial charge in [-0.05, 0) is 71.3 Å². The molecule has 0 aliphatic rings. The van der Waals surface area contributed by atoms with Crippen molar-refractivity contribution < 1.29 is 9.05 Å². The molecule has 2 aromatic carbocycles. The van der Waals surface area contributed by atoms with Crippen molar-refractivity contribution in [3.8, 4) is 11.5 Å². The topological polar surface area (TPSA) is 18.5 Å². The molecule has 0 aliphatic heterocycles. The number of hydrogen-bond acceptors (Lipinski definition) is 2. The van der Waals surface area contributed by atoms with E-state index in [-0.39, 0.29) is 0 Å². The standard InChI is InChI=1S/C20H26ClO2P/c1-13(2)17-9-7-15(5)11-19(17)22-24(21)23-20-12-16(6)8-10-18(20)14(3)4/h7-14H,1-6H3. The van der Waals surface area contributed by atoms with Gasteiger partial charge in [0, 0.05) is 0 Å². The Kier molecular flexibility index (Phi) is 6.54. The predicted octanol–water partition coefficient (Wildman–Crippen LogP) is 7.47. The lowest BCUT2D eigenvalue weighted by Gasteiger charge is -2.19. The first kappa shape index (κ1) is 19.1. The first-order valence-electron chi connectivity index (χ1n) is 8.31. The second kappa shape index (κ2) is 8.23. The molecule has 0 heterocycles. The fourth-order valence-electron chi connectivity index (χ4n) is 2.57. The summed E-state index contributed by atoms with van der Waals surface area (Å²) in [5, 5.41) is 0. The largest absolute Gasteiger partial charge is 0.427 e. The number of halogens is 1. The predicted molar refractivity (Wildman–Crippen MR) is 105 cm³/mol. The highest BCUT2D eigenvalue weighted by Crippen LogP contribution is 2.48. The number of benzene rings is 2. The third-order valence-electron chi connectivity index (χ3n) is 3.92. The molecule has 0 aliphatic carbocycles. The van der Waals surface area contributed by atoms with Crippen molar-refractivity contribution in [3.05, 3.63) is 58.7 Å². The van der Waals surface area contributed by atoms with Crippen molar-refractivity contribution in [2.24, 2.45) is 0 Å². The van der Waals surface area contributed by atoms with Gasteiger partial charge in [0.2, 0.25) is 0 Å². The van der Waals surface area contributed by atoms with Crippen molar-refractivity contribution in [1.82, 2.24) is 0 Å². The van der Waals surface area contributed by atoms with Gasteiger partial charge in [0.1, 0.15) is 11.5 Å². The van der Waals surface area contributed by atoms with Crippen LogP contribution in [-0.2, 0) is 0 Å². The molecule has 0 N–H and O–H groups in total. The van der Waals surface area contributed by atoms with Gasteiger partial charge >= 0.3 is 7.73 Å². The molecule has 24 heavy (non-hydrogen) atoms. The maximum absolute atomic E-state index is 6.43. The summed E-state index contributed by atoms with van der Waals surface area (Å²) in [4.78, 5) is 0. The van der Waals surface area contributed by atoms with Crippen molar-refractivity contribution in [3.63, 3.8) is 0 Å². The molecular formula is C20H26ClO2P. The quantitative estimate of drug-likeness (QED) is 0.495. The monoisotopic (exact) mass is 364 g/mol. The van der Waals surface area contributed by atoms with Crippen molar-refractivity contribution >= 4 is 19.0 Å². The maximum Gasteiger partial charge on any atom is 0.401 e. The molecule has 0 aromatic heterocycles. The summed E-state index contributed by atoms with van der Waals surface area (Å²) in [5.74, 6) is 2.35. The Morgan fingerprint density at radius 3 is 1.46 bits per heavy atom. The van der Waals surface area contributed by atoms with E-state index < -0.39 is 7.73 Å². The van der Waals surface area contributed by atoms with Crippen LogP contribution in [0.1, 0.15) is 61.8 Å². The van der Waals surface area contributed by atoms with Crippen LogP contribution in [0.4, 0.5) is 0 Å². The average Bonchev–Trinajstić information content (AvgIpc) is 2.46. The second-order valence-electron chi connectivity index (χ2n) is 6.79. The van der Waals surface area contributed by atoms with Gasteiger partial charge in [0.25, 0.3) is 0 Å². The third-order valence-corrected chi connectivity index (χ3v) is 5.02. The summed E-state index contributed by atoms with van der Waals surface area (Å²) < 4.78 is 11.9. The molecule has 0 atom stereocenters. The normalized spacial score (nSPS) is 11.4. The summed E-state index contributed by atoms with van der Waals surface area (Å²) >= 11 is 6.43. The lowest BCUT2D eigenvalue weighted by Crippen LogP contribution is -1.99. The molecule has 0 spiro atoms. The summed E-state index contributed by atoms with van der Waals surface area (Å²) in [7, 11) is -1.57. The summed E-state index contributed by atoms with van der Waals surface area (Å²) in [6.07, 6.45) is 0. The van der Waals surface area contributed by atoms with E-state index in [1.807, 2.05) is 26.0 Å². The molecule has 0 radical (unpaired) electrons. The minimum atomic E-state index is -1.57. The zero-order valence-electron chi connectivity index (χ0n) is 15.3. The summed E-state index contributed by atoms with van der Waals surface area (Å²) in [6.45, 7) is 12.7. The smallest absolute Gasteiger partial charge is 0.401 e. The molecule has 4 heteroatoms. The Balaban J connectivity index is 2.22. The molecule has 2 rings (SSSR count). The van der Waals surface area contributed by atoms with E-state index in [1.54, 1.807) is 0 Å². The van der Waals surface area contributed by atoms with Gasteiger partial charge in [-0.25, -0.2) is 0 Å². The van der Waals surface area contributed by atoms with E-state index in [1.165, 1.54) is 0 Å². The SMILES string of the molecule is Cc1ccc(C(C)C)c(OP(Cl)Oc2cc(C)ccc2C(C)C)c1. The highest BCUT2D eigenvalue weighted by Gasteiger charge is 2.18. The number of aryl methyl sites for hydroxylation is 2. The Morgan fingerprint density at radius 1 is 0.750 bits per heavy atom.